The summed E-state index contributed by atoms with van der Waals surface area (Å²) in [6, 6.07) is 6.21. The first-order chi connectivity index (χ1) is 7.72. The molecule has 3 rings (SSSR count). The Bertz CT molecular complexity index is 460. The topological polar surface area (TPSA) is 41.1 Å². The molecular formula is C12H13BrN2O. The monoisotopic (exact) mass is 280 g/mol. The van der Waals surface area contributed by atoms with Crippen molar-refractivity contribution < 1.29 is 4.79 Å². The molecule has 16 heavy (non-hydrogen) atoms. The average Bonchev–Trinajstić information content (AvgIpc) is 2.61. The molecule has 1 aliphatic heterocycles. The fourth-order valence-corrected chi connectivity index (χ4v) is 3.20. The van der Waals surface area contributed by atoms with E-state index in [0.29, 0.717) is 6.67 Å². The molecular weight excluding hydrogens is 268 g/mol. The van der Waals surface area contributed by atoms with E-state index in [2.05, 4.69) is 38.7 Å². The highest BCUT2D eigenvalue weighted by molar-refractivity contribution is 9.10. The van der Waals surface area contributed by atoms with Gasteiger partial charge in [0.2, 0.25) is 5.91 Å². The van der Waals surface area contributed by atoms with Crippen LogP contribution in [-0.2, 0) is 16.8 Å². The van der Waals surface area contributed by atoms with Crippen LogP contribution in [0.5, 0.6) is 0 Å². The van der Waals surface area contributed by atoms with Gasteiger partial charge in [-0.15, -0.1) is 0 Å². The fourth-order valence-electron chi connectivity index (χ4n) is 2.79. The Balaban J connectivity index is 2.16. The Labute approximate surface area is 103 Å². The van der Waals surface area contributed by atoms with Crippen molar-refractivity contribution in [2.45, 2.75) is 24.8 Å². The lowest BCUT2D eigenvalue weighted by molar-refractivity contribution is -0.124. The van der Waals surface area contributed by atoms with Crippen molar-refractivity contribution in [1.29, 1.82) is 0 Å². The number of hydrogen-bond acceptors (Lipinski definition) is 2. The van der Waals surface area contributed by atoms with Gasteiger partial charge in [0.15, 0.2) is 0 Å². The van der Waals surface area contributed by atoms with Crippen LogP contribution in [0, 0.1) is 0 Å². The summed E-state index contributed by atoms with van der Waals surface area (Å²) in [4.78, 5) is 12.0. The van der Waals surface area contributed by atoms with Gasteiger partial charge in [0.25, 0.3) is 0 Å². The number of carbonyl (C=O) groups is 1. The molecule has 3 nitrogen and oxygen atoms in total. The molecule has 84 valence electrons. The zero-order valence-corrected chi connectivity index (χ0v) is 10.4. The van der Waals surface area contributed by atoms with Crippen LogP contribution >= 0.6 is 15.9 Å². The van der Waals surface area contributed by atoms with E-state index >= 15 is 0 Å². The lowest BCUT2D eigenvalue weighted by Crippen LogP contribution is -2.45. The number of aryl methyl sites for hydroxylation is 1. The zero-order valence-electron chi connectivity index (χ0n) is 8.85. The van der Waals surface area contributed by atoms with Crippen molar-refractivity contribution in [2.75, 3.05) is 6.67 Å². The van der Waals surface area contributed by atoms with E-state index < -0.39 is 5.54 Å². The van der Waals surface area contributed by atoms with Crippen molar-refractivity contribution in [1.82, 2.24) is 10.6 Å². The standard InChI is InChI=1S/C12H13BrN2O/c13-9-3-4-10-8(6-9)2-1-5-12(10)11(16)14-7-15-12/h3-4,6,15H,1-2,5,7H2,(H,14,16). The molecule has 1 spiro atoms. The normalized spacial score (nSPS) is 27.9. The summed E-state index contributed by atoms with van der Waals surface area (Å²) in [5.74, 6) is 0.121. The van der Waals surface area contributed by atoms with Gasteiger partial charge < -0.3 is 5.32 Å². The lowest BCUT2D eigenvalue weighted by Gasteiger charge is -2.33. The molecule has 0 aromatic heterocycles. The van der Waals surface area contributed by atoms with Crippen molar-refractivity contribution >= 4 is 21.8 Å². The molecule has 1 aliphatic carbocycles. The van der Waals surface area contributed by atoms with Crippen molar-refractivity contribution in [3.05, 3.63) is 33.8 Å². The Kier molecular flexibility index (Phi) is 2.30. The van der Waals surface area contributed by atoms with Gasteiger partial charge in [-0.05, 0) is 42.5 Å². The molecule has 4 heteroatoms. The van der Waals surface area contributed by atoms with Crippen LogP contribution in [0.3, 0.4) is 0 Å². The van der Waals surface area contributed by atoms with Crippen LogP contribution in [0.2, 0.25) is 0 Å². The molecule has 1 atom stereocenters. The van der Waals surface area contributed by atoms with Crippen LogP contribution in [0.25, 0.3) is 0 Å². The van der Waals surface area contributed by atoms with Gasteiger partial charge >= 0.3 is 0 Å². The predicted molar refractivity (Wildman–Crippen MR) is 64.9 cm³/mol. The molecule has 1 amide bonds. The number of halogens is 1. The number of fused-ring (bicyclic) bond motifs is 2. The van der Waals surface area contributed by atoms with Crippen LogP contribution in [-0.4, -0.2) is 12.6 Å². The minimum Gasteiger partial charge on any atom is -0.342 e. The smallest absolute Gasteiger partial charge is 0.245 e. The number of nitrogens with one attached hydrogen (secondary N) is 2. The molecule has 1 unspecified atom stereocenters. The molecule has 0 radical (unpaired) electrons. The fraction of sp³-hybridized carbons (Fsp3) is 0.417. The number of amides is 1. The second-order valence-corrected chi connectivity index (χ2v) is 5.34. The van der Waals surface area contributed by atoms with E-state index in [-0.39, 0.29) is 5.91 Å². The zero-order chi connectivity index (χ0) is 11.2. The lowest BCUT2D eigenvalue weighted by atomic mass is 9.76. The Morgan fingerprint density at radius 3 is 3.00 bits per heavy atom. The molecule has 2 N–H and O–H groups in total. The molecule has 1 heterocycles. The summed E-state index contributed by atoms with van der Waals surface area (Å²) in [5, 5.41) is 6.20. The van der Waals surface area contributed by atoms with Gasteiger partial charge in [-0.1, -0.05) is 22.0 Å². The van der Waals surface area contributed by atoms with Gasteiger partial charge in [-0.3, -0.25) is 10.1 Å². The van der Waals surface area contributed by atoms with E-state index in [1.165, 1.54) is 5.56 Å². The third-order valence-corrected chi connectivity index (χ3v) is 4.04. The van der Waals surface area contributed by atoms with Crippen molar-refractivity contribution in [2.24, 2.45) is 0 Å². The van der Waals surface area contributed by atoms with E-state index in [9.17, 15) is 4.79 Å². The highest BCUT2D eigenvalue weighted by Crippen LogP contribution is 2.38. The highest BCUT2D eigenvalue weighted by Gasteiger charge is 2.46. The van der Waals surface area contributed by atoms with E-state index in [0.717, 1.165) is 29.3 Å². The maximum absolute atomic E-state index is 12.0. The summed E-state index contributed by atoms with van der Waals surface area (Å²) in [5.41, 5.74) is 1.97. The maximum atomic E-state index is 12.0. The number of rotatable bonds is 0. The van der Waals surface area contributed by atoms with E-state index in [1.54, 1.807) is 0 Å². The third-order valence-electron chi connectivity index (χ3n) is 3.55. The molecule has 0 saturated carbocycles. The second-order valence-electron chi connectivity index (χ2n) is 4.42. The molecule has 1 saturated heterocycles. The summed E-state index contributed by atoms with van der Waals surface area (Å²) in [6.07, 6.45) is 3.02. The number of hydrogen-bond donors (Lipinski definition) is 2. The van der Waals surface area contributed by atoms with Crippen LogP contribution in [0.1, 0.15) is 24.0 Å². The molecule has 1 aromatic rings. The van der Waals surface area contributed by atoms with Crippen molar-refractivity contribution in [3.8, 4) is 0 Å². The Morgan fingerprint density at radius 2 is 2.25 bits per heavy atom. The van der Waals surface area contributed by atoms with Crippen molar-refractivity contribution in [3.63, 3.8) is 0 Å². The van der Waals surface area contributed by atoms with E-state index in [1.807, 2.05) is 6.07 Å². The first kappa shape index (κ1) is 10.3. The van der Waals surface area contributed by atoms with Crippen LogP contribution < -0.4 is 10.6 Å². The molecule has 1 fully saturated rings. The van der Waals surface area contributed by atoms with Gasteiger partial charge in [0, 0.05) is 4.47 Å². The minimum absolute atomic E-state index is 0.121. The summed E-state index contributed by atoms with van der Waals surface area (Å²) < 4.78 is 1.08. The third kappa shape index (κ3) is 1.33. The molecule has 2 aliphatic rings. The van der Waals surface area contributed by atoms with Crippen LogP contribution in [0.4, 0.5) is 0 Å². The molecule has 1 aromatic carbocycles. The predicted octanol–water partition coefficient (Wildman–Crippen LogP) is 1.66. The highest BCUT2D eigenvalue weighted by atomic mass is 79.9. The second kappa shape index (κ2) is 3.57. The Hall–Kier alpha value is -0.870. The summed E-state index contributed by atoms with van der Waals surface area (Å²) in [7, 11) is 0. The maximum Gasteiger partial charge on any atom is 0.245 e. The van der Waals surface area contributed by atoms with Gasteiger partial charge in [0.1, 0.15) is 5.54 Å². The van der Waals surface area contributed by atoms with Gasteiger partial charge in [0.05, 0.1) is 6.67 Å². The number of benzene rings is 1. The average molecular weight is 281 g/mol. The SMILES string of the molecule is O=C1NCNC12CCCc1cc(Br)ccc12. The first-order valence-corrected chi connectivity index (χ1v) is 6.34. The van der Waals surface area contributed by atoms with Gasteiger partial charge in [-0.2, -0.15) is 0 Å². The minimum atomic E-state index is -0.464. The van der Waals surface area contributed by atoms with Crippen LogP contribution in [0.15, 0.2) is 22.7 Å². The number of carbonyl (C=O) groups excluding carboxylic acids is 1. The largest absolute Gasteiger partial charge is 0.342 e. The first-order valence-electron chi connectivity index (χ1n) is 5.55. The van der Waals surface area contributed by atoms with Gasteiger partial charge in [-0.25, -0.2) is 0 Å². The summed E-state index contributed by atoms with van der Waals surface area (Å²) >= 11 is 3.48. The quantitative estimate of drug-likeness (QED) is 0.759. The van der Waals surface area contributed by atoms with E-state index in [4.69, 9.17) is 0 Å². The Morgan fingerprint density at radius 1 is 1.38 bits per heavy atom. The molecule has 0 bridgehead atoms. The summed E-state index contributed by atoms with van der Waals surface area (Å²) in [6.45, 7) is 0.578.